The van der Waals surface area contributed by atoms with Crippen LogP contribution in [0.4, 0.5) is 0 Å². The van der Waals surface area contributed by atoms with Crippen LogP contribution in [0, 0.1) is 3.57 Å². The van der Waals surface area contributed by atoms with Crippen LogP contribution in [0.3, 0.4) is 0 Å². The Morgan fingerprint density at radius 1 is 1.47 bits per heavy atom. The predicted octanol–water partition coefficient (Wildman–Crippen LogP) is 2.30. The van der Waals surface area contributed by atoms with Gasteiger partial charge in [0.2, 0.25) is 5.91 Å². The molecule has 0 radical (unpaired) electrons. The molecule has 0 aromatic heterocycles. The average molecular weight is 393 g/mol. The number of benzene rings is 1. The maximum atomic E-state index is 12.1. The van der Waals surface area contributed by atoms with Gasteiger partial charge in [-0.25, -0.2) is 0 Å². The second kappa shape index (κ2) is 6.09. The molecule has 4 nitrogen and oxygen atoms in total. The van der Waals surface area contributed by atoms with Crippen LogP contribution in [-0.4, -0.2) is 36.3 Å². The first-order chi connectivity index (χ1) is 8.97. The molecule has 0 aliphatic heterocycles. The third-order valence-electron chi connectivity index (χ3n) is 2.84. The Kier molecular flexibility index (Phi) is 4.67. The van der Waals surface area contributed by atoms with Crippen LogP contribution in [0.5, 0.6) is 0 Å². The molecule has 1 N–H and O–H groups in total. The van der Waals surface area contributed by atoms with Crippen LogP contribution in [0.25, 0.3) is 0 Å². The number of nitrogens with zero attached hydrogens (tertiary/aromatic N) is 1. The van der Waals surface area contributed by atoms with E-state index in [0.717, 1.165) is 16.4 Å². The zero-order valence-electron chi connectivity index (χ0n) is 10.5. The highest BCUT2D eigenvalue weighted by Crippen LogP contribution is 2.20. The number of halogens is 2. The third-order valence-corrected chi connectivity index (χ3v) is 4.41. The van der Waals surface area contributed by atoms with Crippen LogP contribution >= 0.6 is 34.2 Å². The number of amides is 2. The fourth-order valence-electron chi connectivity index (χ4n) is 1.64. The molecule has 1 fully saturated rings. The molecule has 1 saturated carbocycles. The molecule has 1 aliphatic carbocycles. The average Bonchev–Trinajstić information content (AvgIpc) is 3.15. The van der Waals surface area contributed by atoms with Gasteiger partial charge in [0, 0.05) is 22.2 Å². The first-order valence-electron chi connectivity index (χ1n) is 5.97. The van der Waals surface area contributed by atoms with Crippen molar-refractivity contribution in [1.29, 1.82) is 0 Å². The van der Waals surface area contributed by atoms with Gasteiger partial charge in [-0.3, -0.25) is 9.59 Å². The molecule has 0 saturated heterocycles. The first-order valence-corrected chi connectivity index (χ1v) is 7.43. The summed E-state index contributed by atoms with van der Waals surface area (Å²) < 4.78 is 0.893. The Labute approximate surface area is 130 Å². The molecule has 1 aromatic rings. The van der Waals surface area contributed by atoms with Gasteiger partial charge in [-0.15, -0.1) is 0 Å². The normalized spacial score (nSPS) is 14.1. The van der Waals surface area contributed by atoms with Crippen LogP contribution in [0.2, 0.25) is 5.02 Å². The van der Waals surface area contributed by atoms with Crippen molar-refractivity contribution < 1.29 is 9.59 Å². The molecule has 0 atom stereocenters. The monoisotopic (exact) mass is 392 g/mol. The third kappa shape index (κ3) is 4.07. The zero-order chi connectivity index (χ0) is 14.0. The van der Waals surface area contributed by atoms with Gasteiger partial charge < -0.3 is 10.2 Å². The number of rotatable bonds is 4. The molecule has 0 heterocycles. The van der Waals surface area contributed by atoms with Crippen molar-refractivity contribution in [2.75, 3.05) is 13.6 Å². The number of hydrogen-bond acceptors (Lipinski definition) is 2. The van der Waals surface area contributed by atoms with Crippen molar-refractivity contribution in [2.45, 2.75) is 18.9 Å². The maximum absolute atomic E-state index is 12.1. The maximum Gasteiger partial charge on any atom is 0.254 e. The Morgan fingerprint density at radius 3 is 2.74 bits per heavy atom. The topological polar surface area (TPSA) is 49.4 Å². The second-order valence-corrected chi connectivity index (χ2v) is 6.20. The van der Waals surface area contributed by atoms with Crippen molar-refractivity contribution in [2.24, 2.45) is 0 Å². The van der Waals surface area contributed by atoms with E-state index in [1.165, 1.54) is 4.90 Å². The summed E-state index contributed by atoms with van der Waals surface area (Å²) in [6, 6.07) is 5.43. The van der Waals surface area contributed by atoms with E-state index in [0.29, 0.717) is 16.6 Å². The van der Waals surface area contributed by atoms with E-state index in [1.807, 2.05) is 0 Å². The Bertz CT molecular complexity index is 517. The minimum absolute atomic E-state index is 0.0684. The minimum atomic E-state index is -0.204. The molecule has 0 bridgehead atoms. The molecule has 0 spiro atoms. The lowest BCUT2D eigenvalue weighted by molar-refractivity contribution is -0.121. The number of nitrogens with one attached hydrogen (secondary N) is 1. The van der Waals surface area contributed by atoms with Gasteiger partial charge in [0.25, 0.3) is 5.91 Å². The fraction of sp³-hybridized carbons (Fsp3) is 0.385. The minimum Gasteiger partial charge on any atom is -0.352 e. The molecule has 0 unspecified atom stereocenters. The van der Waals surface area contributed by atoms with Crippen molar-refractivity contribution in [3.8, 4) is 0 Å². The summed E-state index contributed by atoms with van der Waals surface area (Å²) in [6.45, 7) is 0.0684. The van der Waals surface area contributed by atoms with Crippen LogP contribution < -0.4 is 5.32 Å². The molecule has 2 rings (SSSR count). The van der Waals surface area contributed by atoms with Crippen LogP contribution in [0.15, 0.2) is 18.2 Å². The van der Waals surface area contributed by atoms with E-state index < -0.39 is 0 Å². The van der Waals surface area contributed by atoms with E-state index in [-0.39, 0.29) is 18.4 Å². The Morgan fingerprint density at radius 2 is 2.16 bits per heavy atom. The summed E-state index contributed by atoms with van der Waals surface area (Å²) in [6.07, 6.45) is 2.08. The summed E-state index contributed by atoms with van der Waals surface area (Å²) in [5.41, 5.74) is 0.493. The van der Waals surface area contributed by atoms with Crippen molar-refractivity contribution in [3.63, 3.8) is 0 Å². The lowest BCUT2D eigenvalue weighted by Crippen LogP contribution is -2.39. The van der Waals surface area contributed by atoms with Gasteiger partial charge in [0.15, 0.2) is 0 Å². The Balaban J connectivity index is 1.97. The van der Waals surface area contributed by atoms with Gasteiger partial charge in [-0.05, 0) is 53.6 Å². The predicted molar refractivity (Wildman–Crippen MR) is 82.3 cm³/mol. The molecule has 102 valence electrons. The highest BCUT2D eigenvalue weighted by atomic mass is 127. The molecular formula is C13H14ClIN2O2. The molecule has 19 heavy (non-hydrogen) atoms. The van der Waals surface area contributed by atoms with E-state index in [2.05, 4.69) is 27.9 Å². The van der Waals surface area contributed by atoms with Gasteiger partial charge in [0.05, 0.1) is 11.6 Å². The van der Waals surface area contributed by atoms with E-state index in [9.17, 15) is 9.59 Å². The second-order valence-electron chi connectivity index (χ2n) is 4.63. The number of carbonyl (C=O) groups excluding carboxylic acids is 2. The van der Waals surface area contributed by atoms with Gasteiger partial charge in [0.1, 0.15) is 0 Å². The Hall–Kier alpha value is -0.820. The van der Waals surface area contributed by atoms with Crippen LogP contribution in [-0.2, 0) is 4.79 Å². The van der Waals surface area contributed by atoms with Crippen molar-refractivity contribution in [3.05, 3.63) is 32.4 Å². The van der Waals surface area contributed by atoms with Crippen LogP contribution in [0.1, 0.15) is 23.2 Å². The van der Waals surface area contributed by atoms with Crippen molar-refractivity contribution >= 4 is 46.0 Å². The molecule has 1 aromatic carbocycles. The molecule has 6 heteroatoms. The lowest BCUT2D eigenvalue weighted by atomic mass is 10.2. The van der Waals surface area contributed by atoms with Crippen molar-refractivity contribution in [1.82, 2.24) is 10.2 Å². The largest absolute Gasteiger partial charge is 0.352 e. The van der Waals surface area contributed by atoms with E-state index in [4.69, 9.17) is 11.6 Å². The first kappa shape index (κ1) is 14.6. The molecule has 2 amide bonds. The smallest absolute Gasteiger partial charge is 0.254 e. The SMILES string of the molecule is CN(CC(=O)NC1CC1)C(=O)c1ccc(I)c(Cl)c1. The zero-order valence-corrected chi connectivity index (χ0v) is 13.4. The summed E-state index contributed by atoms with van der Waals surface area (Å²) in [7, 11) is 1.61. The summed E-state index contributed by atoms with van der Waals surface area (Å²) in [5, 5.41) is 3.40. The number of hydrogen-bond donors (Lipinski definition) is 1. The highest BCUT2D eigenvalue weighted by molar-refractivity contribution is 14.1. The molecular weight excluding hydrogens is 379 g/mol. The molecule has 1 aliphatic rings. The number of likely N-dealkylation sites (N-methyl/N-ethyl adjacent to an activating group) is 1. The van der Waals surface area contributed by atoms with E-state index >= 15 is 0 Å². The quantitative estimate of drug-likeness (QED) is 0.800. The van der Waals surface area contributed by atoms with Gasteiger partial charge in [-0.2, -0.15) is 0 Å². The standard InChI is InChI=1S/C13H14ClIN2O2/c1-17(7-12(18)16-9-3-4-9)13(19)8-2-5-11(15)10(14)6-8/h2,5-6,9H,3-4,7H2,1H3,(H,16,18). The summed E-state index contributed by atoms with van der Waals surface area (Å²) in [5.74, 6) is -0.320. The highest BCUT2D eigenvalue weighted by Gasteiger charge is 2.24. The summed E-state index contributed by atoms with van der Waals surface area (Å²) >= 11 is 8.09. The van der Waals surface area contributed by atoms with Gasteiger partial charge in [-0.1, -0.05) is 11.6 Å². The number of carbonyl (C=O) groups is 2. The van der Waals surface area contributed by atoms with Gasteiger partial charge >= 0.3 is 0 Å². The lowest BCUT2D eigenvalue weighted by Gasteiger charge is -2.17. The van der Waals surface area contributed by atoms with E-state index in [1.54, 1.807) is 25.2 Å². The fourth-order valence-corrected chi connectivity index (χ4v) is 2.15. The summed E-state index contributed by atoms with van der Waals surface area (Å²) in [4.78, 5) is 25.2.